The number of amides is 2. The van der Waals surface area contributed by atoms with Crippen molar-refractivity contribution in [2.75, 3.05) is 38.7 Å². The number of aliphatic hydroxyl groups excluding tert-OH is 1. The minimum Gasteiger partial charge on any atom is -0.393 e. The highest BCUT2D eigenvalue weighted by atomic mass is 19.2. The molecule has 2 amide bonds. The minimum absolute atomic E-state index is 0.307. The second-order valence-electron chi connectivity index (χ2n) is 9.16. The maximum absolute atomic E-state index is 13.1. The molecule has 200 valence electrons. The molecule has 4 N–H and O–H groups in total. The lowest BCUT2D eigenvalue weighted by molar-refractivity contribution is 0.160. The van der Waals surface area contributed by atoms with E-state index in [-0.39, 0.29) is 0 Å². The number of hydrogen-bond acceptors (Lipinski definition) is 5. The first-order valence-corrected chi connectivity index (χ1v) is 12.2. The number of carbonyl (C=O) groups is 1. The first-order valence-electron chi connectivity index (χ1n) is 12.2. The van der Waals surface area contributed by atoms with E-state index in [9.17, 15) is 18.7 Å². The smallest absolute Gasteiger partial charge is 0.317 e. The van der Waals surface area contributed by atoms with Crippen LogP contribution in [0.15, 0.2) is 48.5 Å². The standard InChI is InChI=1S/C14H18N4O2.C13H17F2NO/c1-9(19)8-12-10(2)13(16-14(15)20)18(17-12)11-6-4-3-5-7-11;1-17-7-6-16-5-4-11(9-16)10-2-3-12(14)13(15)8-10/h3-7,9,19H,8H2,1-2H3,(H3,15,16,20);2-3,8,11H,4-7,9H2,1H3. The van der Waals surface area contributed by atoms with Crippen LogP contribution in [-0.2, 0) is 11.2 Å². The Morgan fingerprint density at radius 2 is 1.97 bits per heavy atom. The fourth-order valence-corrected chi connectivity index (χ4v) is 4.33. The number of aromatic nitrogens is 2. The molecule has 2 unspecified atom stereocenters. The third kappa shape index (κ3) is 7.82. The molecule has 0 saturated carbocycles. The summed E-state index contributed by atoms with van der Waals surface area (Å²) in [5.74, 6) is -0.692. The summed E-state index contributed by atoms with van der Waals surface area (Å²) in [7, 11) is 1.68. The van der Waals surface area contributed by atoms with Crippen LogP contribution in [0, 0.1) is 18.6 Å². The Morgan fingerprint density at radius 3 is 2.59 bits per heavy atom. The highest BCUT2D eigenvalue weighted by molar-refractivity contribution is 5.88. The maximum Gasteiger partial charge on any atom is 0.317 e. The summed E-state index contributed by atoms with van der Waals surface area (Å²) in [5, 5.41) is 16.6. The fraction of sp³-hybridized carbons (Fsp3) is 0.407. The molecule has 1 aromatic heterocycles. The summed E-state index contributed by atoms with van der Waals surface area (Å²) in [6.07, 6.45) is 0.905. The number of para-hydroxylation sites is 1. The highest BCUT2D eigenvalue weighted by Crippen LogP contribution is 2.28. The lowest BCUT2D eigenvalue weighted by Crippen LogP contribution is -2.24. The van der Waals surface area contributed by atoms with Crippen LogP contribution in [0.1, 0.15) is 36.1 Å². The minimum atomic E-state index is -0.775. The predicted molar refractivity (Wildman–Crippen MR) is 139 cm³/mol. The number of nitrogens with one attached hydrogen (secondary N) is 1. The van der Waals surface area contributed by atoms with E-state index in [0.29, 0.717) is 24.8 Å². The number of hydrogen-bond donors (Lipinski definition) is 3. The van der Waals surface area contributed by atoms with E-state index in [1.165, 1.54) is 12.1 Å². The van der Waals surface area contributed by atoms with Crippen LogP contribution in [0.5, 0.6) is 0 Å². The summed E-state index contributed by atoms with van der Waals surface area (Å²) >= 11 is 0. The molecule has 1 aliphatic heterocycles. The van der Waals surface area contributed by atoms with Gasteiger partial charge in [-0.05, 0) is 62.6 Å². The number of methoxy groups -OCH3 is 1. The number of ether oxygens (including phenoxy) is 1. The number of halogens is 2. The lowest BCUT2D eigenvalue weighted by Gasteiger charge is -2.15. The van der Waals surface area contributed by atoms with Gasteiger partial charge in [0.05, 0.1) is 24.1 Å². The van der Waals surface area contributed by atoms with Gasteiger partial charge in [-0.25, -0.2) is 18.3 Å². The molecule has 8 nitrogen and oxygen atoms in total. The zero-order valence-electron chi connectivity index (χ0n) is 21.5. The van der Waals surface area contributed by atoms with Gasteiger partial charge in [0.15, 0.2) is 11.6 Å². The van der Waals surface area contributed by atoms with E-state index < -0.39 is 23.8 Å². The number of rotatable bonds is 8. The first-order chi connectivity index (χ1) is 17.7. The SMILES string of the molecule is COCCN1CCC(c2ccc(F)c(F)c2)C1.Cc1c(CC(C)O)nn(-c2ccccc2)c1NC(N)=O. The largest absolute Gasteiger partial charge is 0.393 e. The van der Waals surface area contributed by atoms with Crippen molar-refractivity contribution in [2.45, 2.75) is 38.7 Å². The normalized spacial score (nSPS) is 16.2. The van der Waals surface area contributed by atoms with Crippen molar-refractivity contribution < 1.29 is 23.4 Å². The molecule has 0 aliphatic carbocycles. The van der Waals surface area contributed by atoms with Crippen LogP contribution in [0.25, 0.3) is 5.69 Å². The van der Waals surface area contributed by atoms with Crippen LogP contribution < -0.4 is 11.1 Å². The van der Waals surface area contributed by atoms with Crippen LogP contribution in [0.2, 0.25) is 0 Å². The van der Waals surface area contributed by atoms with Crippen molar-refractivity contribution in [3.05, 3.63) is 77.0 Å². The maximum atomic E-state index is 13.1. The fourth-order valence-electron chi connectivity index (χ4n) is 4.33. The van der Waals surface area contributed by atoms with Crippen LogP contribution in [-0.4, -0.2) is 65.3 Å². The molecule has 2 aromatic carbocycles. The molecule has 10 heteroatoms. The zero-order chi connectivity index (χ0) is 26.9. The Hall–Kier alpha value is -3.34. The van der Waals surface area contributed by atoms with Gasteiger partial charge in [0.1, 0.15) is 5.82 Å². The molecule has 3 aromatic rings. The number of likely N-dealkylation sites (tertiary alicyclic amines) is 1. The molecule has 1 saturated heterocycles. The van der Waals surface area contributed by atoms with Gasteiger partial charge in [0, 0.05) is 32.2 Å². The number of carbonyl (C=O) groups excluding carboxylic acids is 1. The number of nitrogens with two attached hydrogens (primary N) is 1. The van der Waals surface area contributed by atoms with Crippen molar-refractivity contribution in [3.8, 4) is 5.69 Å². The molecule has 4 rings (SSSR count). The Labute approximate surface area is 216 Å². The Kier molecular flexibility index (Phi) is 10.1. The van der Waals surface area contributed by atoms with Gasteiger partial charge in [-0.2, -0.15) is 5.10 Å². The number of nitrogens with zero attached hydrogens (tertiary/aromatic N) is 3. The molecule has 0 spiro atoms. The van der Waals surface area contributed by atoms with Crippen molar-refractivity contribution in [1.29, 1.82) is 0 Å². The first kappa shape index (κ1) is 28.2. The number of benzene rings is 2. The van der Waals surface area contributed by atoms with Gasteiger partial charge in [0.2, 0.25) is 0 Å². The molecule has 2 heterocycles. The Bertz CT molecular complexity index is 1170. The topological polar surface area (TPSA) is 106 Å². The van der Waals surface area contributed by atoms with E-state index >= 15 is 0 Å². The average Bonchev–Trinajstić information content (AvgIpc) is 3.45. The van der Waals surface area contributed by atoms with Crippen molar-refractivity contribution in [3.63, 3.8) is 0 Å². The van der Waals surface area contributed by atoms with Crippen molar-refractivity contribution in [1.82, 2.24) is 14.7 Å². The highest BCUT2D eigenvalue weighted by Gasteiger charge is 2.24. The van der Waals surface area contributed by atoms with Crippen LogP contribution in [0.4, 0.5) is 19.4 Å². The van der Waals surface area contributed by atoms with E-state index in [2.05, 4.69) is 15.3 Å². The number of primary amides is 1. The van der Waals surface area contributed by atoms with Crippen LogP contribution in [0.3, 0.4) is 0 Å². The summed E-state index contributed by atoms with van der Waals surface area (Å²) < 4.78 is 32.6. The molecule has 1 aliphatic rings. The molecule has 37 heavy (non-hydrogen) atoms. The van der Waals surface area contributed by atoms with E-state index in [1.807, 2.05) is 37.3 Å². The van der Waals surface area contributed by atoms with Crippen LogP contribution >= 0.6 is 0 Å². The van der Waals surface area contributed by atoms with E-state index in [1.54, 1.807) is 24.8 Å². The summed E-state index contributed by atoms with van der Waals surface area (Å²) in [6.45, 7) is 7.04. The molecular formula is C27H35F2N5O3. The Balaban J connectivity index is 0.000000208. The van der Waals surface area contributed by atoms with E-state index in [0.717, 1.165) is 48.6 Å². The Morgan fingerprint density at radius 1 is 1.24 bits per heavy atom. The third-order valence-electron chi connectivity index (χ3n) is 6.25. The molecule has 0 bridgehead atoms. The second kappa shape index (κ2) is 13.3. The van der Waals surface area contributed by atoms with Gasteiger partial charge in [0.25, 0.3) is 0 Å². The number of urea groups is 1. The third-order valence-corrected chi connectivity index (χ3v) is 6.25. The lowest BCUT2D eigenvalue weighted by atomic mass is 9.98. The monoisotopic (exact) mass is 515 g/mol. The van der Waals surface area contributed by atoms with Gasteiger partial charge in [-0.3, -0.25) is 5.32 Å². The second-order valence-corrected chi connectivity index (χ2v) is 9.16. The van der Waals surface area contributed by atoms with Gasteiger partial charge >= 0.3 is 6.03 Å². The van der Waals surface area contributed by atoms with E-state index in [4.69, 9.17) is 10.5 Å². The summed E-state index contributed by atoms with van der Waals surface area (Å²) in [5.41, 5.74) is 8.45. The molecular weight excluding hydrogens is 480 g/mol. The van der Waals surface area contributed by atoms with Gasteiger partial charge in [-0.1, -0.05) is 24.3 Å². The summed E-state index contributed by atoms with van der Waals surface area (Å²) in [6, 6.07) is 13.0. The molecule has 2 atom stereocenters. The number of aliphatic hydroxyl groups is 1. The molecule has 0 radical (unpaired) electrons. The number of anilines is 1. The van der Waals surface area contributed by atoms with Gasteiger partial charge < -0.3 is 20.5 Å². The molecule has 1 fully saturated rings. The average molecular weight is 516 g/mol. The predicted octanol–water partition coefficient (Wildman–Crippen LogP) is 4.00. The summed E-state index contributed by atoms with van der Waals surface area (Å²) in [4.78, 5) is 13.4. The van der Waals surface area contributed by atoms with Crippen molar-refractivity contribution >= 4 is 11.8 Å². The quantitative estimate of drug-likeness (QED) is 0.421. The zero-order valence-corrected chi connectivity index (χ0v) is 21.5. The van der Waals surface area contributed by atoms with Crippen molar-refractivity contribution in [2.24, 2.45) is 5.73 Å². The van der Waals surface area contributed by atoms with Gasteiger partial charge in [-0.15, -0.1) is 0 Å².